The summed E-state index contributed by atoms with van der Waals surface area (Å²) >= 11 is 0. The maximum absolute atomic E-state index is 13.1. The molecule has 0 fully saturated rings. The van der Waals surface area contributed by atoms with Crippen molar-refractivity contribution < 1.29 is 23.0 Å². The van der Waals surface area contributed by atoms with Crippen LogP contribution in [0.4, 0.5) is 26.1 Å². The Balaban J connectivity index is 1.48. The fraction of sp³-hybridized carbons (Fsp3) is 0.0556. The van der Waals surface area contributed by atoms with Crippen LogP contribution in [0.25, 0.3) is 0 Å². The Kier molecular flexibility index (Phi) is 4.03. The third-order valence-corrected chi connectivity index (χ3v) is 3.61. The van der Waals surface area contributed by atoms with E-state index in [1.807, 2.05) is 0 Å². The average Bonchev–Trinajstić information content (AvgIpc) is 2.96. The van der Waals surface area contributed by atoms with E-state index in [0.717, 1.165) is 0 Å². The van der Waals surface area contributed by atoms with Crippen LogP contribution in [-0.4, -0.2) is 22.2 Å². The molecule has 2 aromatic carbocycles. The first-order chi connectivity index (χ1) is 13.0. The fourth-order valence-corrected chi connectivity index (χ4v) is 2.46. The van der Waals surface area contributed by atoms with E-state index in [1.54, 1.807) is 42.7 Å². The van der Waals surface area contributed by atoms with Crippen molar-refractivity contribution in [3.63, 3.8) is 0 Å². The van der Waals surface area contributed by atoms with Crippen LogP contribution >= 0.6 is 0 Å². The SMILES string of the molecule is O=C(Nc1ccc2c(c1)OC(F)(F)O2)c1cccc(Nc2ncccn2)c1. The van der Waals surface area contributed by atoms with Crippen LogP contribution in [0.3, 0.4) is 0 Å². The average molecular weight is 370 g/mol. The van der Waals surface area contributed by atoms with Gasteiger partial charge in [-0.25, -0.2) is 9.97 Å². The van der Waals surface area contributed by atoms with Crippen molar-refractivity contribution >= 4 is 23.2 Å². The van der Waals surface area contributed by atoms with Gasteiger partial charge in [-0.15, -0.1) is 8.78 Å². The molecule has 0 saturated carbocycles. The minimum Gasteiger partial charge on any atom is -0.395 e. The van der Waals surface area contributed by atoms with Gasteiger partial charge >= 0.3 is 6.29 Å². The van der Waals surface area contributed by atoms with Gasteiger partial charge in [-0.05, 0) is 36.4 Å². The molecule has 1 amide bonds. The summed E-state index contributed by atoms with van der Waals surface area (Å²) in [5.74, 6) is -0.258. The van der Waals surface area contributed by atoms with Crippen molar-refractivity contribution in [3.8, 4) is 11.5 Å². The summed E-state index contributed by atoms with van der Waals surface area (Å²) in [6.45, 7) is 0. The molecule has 0 radical (unpaired) electrons. The number of alkyl halides is 2. The van der Waals surface area contributed by atoms with E-state index in [9.17, 15) is 13.6 Å². The number of nitrogens with zero attached hydrogens (tertiary/aromatic N) is 2. The monoisotopic (exact) mass is 370 g/mol. The Hall–Kier alpha value is -3.75. The molecule has 1 aromatic heterocycles. The number of halogens is 2. The first kappa shape index (κ1) is 16.7. The molecule has 2 heterocycles. The van der Waals surface area contributed by atoms with E-state index in [-0.39, 0.29) is 11.5 Å². The maximum Gasteiger partial charge on any atom is 0.586 e. The van der Waals surface area contributed by atoms with Crippen LogP contribution < -0.4 is 20.1 Å². The number of benzene rings is 2. The molecule has 0 unspecified atom stereocenters. The van der Waals surface area contributed by atoms with Gasteiger partial charge in [0.2, 0.25) is 5.95 Å². The minimum atomic E-state index is -3.70. The topological polar surface area (TPSA) is 85.4 Å². The number of amides is 1. The molecule has 0 bridgehead atoms. The number of anilines is 3. The van der Waals surface area contributed by atoms with E-state index in [4.69, 9.17) is 0 Å². The van der Waals surface area contributed by atoms with Crippen LogP contribution in [0.1, 0.15) is 10.4 Å². The van der Waals surface area contributed by atoms with Crippen molar-refractivity contribution in [1.29, 1.82) is 0 Å². The second kappa shape index (κ2) is 6.52. The standard InChI is InChI=1S/C18H12F2N4O3/c19-18(20)26-14-6-5-13(10-15(14)27-18)23-16(25)11-3-1-4-12(9-11)24-17-21-7-2-8-22-17/h1-10H,(H,23,25)(H,21,22,24). The molecule has 2 N–H and O–H groups in total. The largest absolute Gasteiger partial charge is 0.586 e. The highest BCUT2D eigenvalue weighted by Gasteiger charge is 2.43. The van der Waals surface area contributed by atoms with E-state index in [2.05, 4.69) is 30.1 Å². The lowest BCUT2D eigenvalue weighted by molar-refractivity contribution is -0.286. The second-order valence-corrected chi connectivity index (χ2v) is 5.56. The highest BCUT2D eigenvalue weighted by Crippen LogP contribution is 2.42. The molecule has 1 aliphatic heterocycles. The van der Waals surface area contributed by atoms with Crippen molar-refractivity contribution in [2.45, 2.75) is 6.29 Å². The first-order valence-corrected chi connectivity index (χ1v) is 7.84. The lowest BCUT2D eigenvalue weighted by Gasteiger charge is -2.08. The third-order valence-electron chi connectivity index (χ3n) is 3.61. The summed E-state index contributed by atoms with van der Waals surface area (Å²) in [5.41, 5.74) is 1.28. The minimum absolute atomic E-state index is 0.0907. The van der Waals surface area contributed by atoms with Crippen LogP contribution in [0.15, 0.2) is 60.9 Å². The molecule has 0 aliphatic carbocycles. The molecule has 4 rings (SSSR count). The van der Waals surface area contributed by atoms with Gasteiger partial charge in [-0.1, -0.05) is 6.07 Å². The summed E-state index contributed by atoms with van der Waals surface area (Å²) in [7, 11) is 0. The summed E-state index contributed by atoms with van der Waals surface area (Å²) in [4.78, 5) is 20.6. The second-order valence-electron chi connectivity index (χ2n) is 5.56. The fourth-order valence-electron chi connectivity index (χ4n) is 2.46. The van der Waals surface area contributed by atoms with E-state index >= 15 is 0 Å². The number of rotatable bonds is 4. The highest BCUT2D eigenvalue weighted by atomic mass is 19.3. The lowest BCUT2D eigenvalue weighted by Crippen LogP contribution is -2.25. The molecular formula is C18H12F2N4O3. The molecular weight excluding hydrogens is 358 g/mol. The van der Waals surface area contributed by atoms with Crippen molar-refractivity contribution in [1.82, 2.24) is 9.97 Å². The molecule has 0 saturated heterocycles. The number of aromatic nitrogens is 2. The smallest absolute Gasteiger partial charge is 0.395 e. The Morgan fingerprint density at radius 3 is 2.52 bits per heavy atom. The summed E-state index contributed by atoms with van der Waals surface area (Å²) in [5, 5.41) is 5.61. The van der Waals surface area contributed by atoms with E-state index < -0.39 is 12.2 Å². The maximum atomic E-state index is 13.1. The Bertz CT molecular complexity index is 999. The normalized spacial score (nSPS) is 13.9. The van der Waals surface area contributed by atoms with Crippen LogP contribution in [-0.2, 0) is 0 Å². The molecule has 3 aromatic rings. The molecule has 1 aliphatic rings. The summed E-state index contributed by atoms with van der Waals surface area (Å²) in [6.07, 6.45) is -0.519. The summed E-state index contributed by atoms with van der Waals surface area (Å²) < 4.78 is 34.8. The number of fused-ring (bicyclic) bond motifs is 1. The number of carbonyl (C=O) groups is 1. The number of nitrogens with one attached hydrogen (secondary N) is 2. The predicted molar refractivity (Wildman–Crippen MR) is 92.4 cm³/mol. The van der Waals surface area contributed by atoms with Gasteiger partial charge in [-0.2, -0.15) is 0 Å². The van der Waals surface area contributed by atoms with Gasteiger partial charge in [0.15, 0.2) is 11.5 Å². The van der Waals surface area contributed by atoms with Gasteiger partial charge in [0.05, 0.1) is 0 Å². The Morgan fingerprint density at radius 2 is 1.70 bits per heavy atom. The van der Waals surface area contributed by atoms with E-state index in [1.165, 1.54) is 18.2 Å². The number of hydrogen-bond donors (Lipinski definition) is 2. The number of hydrogen-bond acceptors (Lipinski definition) is 6. The highest BCUT2D eigenvalue weighted by molar-refractivity contribution is 6.05. The third kappa shape index (κ3) is 3.76. The molecule has 9 heteroatoms. The zero-order valence-corrected chi connectivity index (χ0v) is 13.6. The van der Waals surface area contributed by atoms with Gasteiger partial charge in [0, 0.05) is 35.4 Å². The zero-order chi connectivity index (χ0) is 18.9. The molecule has 7 nitrogen and oxygen atoms in total. The van der Waals surface area contributed by atoms with Crippen molar-refractivity contribution in [2.75, 3.05) is 10.6 Å². The molecule has 136 valence electrons. The van der Waals surface area contributed by atoms with Crippen molar-refractivity contribution in [3.05, 3.63) is 66.5 Å². The lowest BCUT2D eigenvalue weighted by atomic mass is 10.2. The van der Waals surface area contributed by atoms with Crippen LogP contribution in [0, 0.1) is 0 Å². The Labute approximate surface area is 152 Å². The van der Waals surface area contributed by atoms with Gasteiger partial charge in [0.25, 0.3) is 5.91 Å². The van der Waals surface area contributed by atoms with Gasteiger partial charge in [0.1, 0.15) is 0 Å². The zero-order valence-electron chi connectivity index (χ0n) is 13.6. The van der Waals surface area contributed by atoms with Gasteiger partial charge < -0.3 is 20.1 Å². The van der Waals surface area contributed by atoms with Crippen LogP contribution in [0.2, 0.25) is 0 Å². The predicted octanol–water partition coefficient (Wildman–Crippen LogP) is 3.79. The van der Waals surface area contributed by atoms with E-state index in [0.29, 0.717) is 22.9 Å². The quantitative estimate of drug-likeness (QED) is 0.727. The number of ether oxygens (including phenoxy) is 2. The molecule has 0 atom stereocenters. The Morgan fingerprint density at radius 1 is 0.926 bits per heavy atom. The molecule has 27 heavy (non-hydrogen) atoms. The molecule has 0 spiro atoms. The van der Waals surface area contributed by atoms with Crippen LogP contribution in [0.5, 0.6) is 11.5 Å². The first-order valence-electron chi connectivity index (χ1n) is 7.84. The number of carbonyl (C=O) groups excluding carboxylic acids is 1. The van der Waals surface area contributed by atoms with Crippen molar-refractivity contribution in [2.24, 2.45) is 0 Å². The summed E-state index contributed by atoms with van der Waals surface area (Å²) in [6, 6.07) is 12.4. The van der Waals surface area contributed by atoms with Gasteiger partial charge in [-0.3, -0.25) is 4.79 Å².